The Hall–Kier alpha value is -2.62. The lowest BCUT2D eigenvalue weighted by atomic mass is 9.87. The molecule has 1 aromatic heterocycles. The fraction of sp³-hybridized carbons (Fsp3) is 0.176. The molecule has 1 fully saturated rings. The zero-order valence-electron chi connectivity index (χ0n) is 11.7. The summed E-state index contributed by atoms with van der Waals surface area (Å²) in [5, 5.41) is 11.1. The van der Waals surface area contributed by atoms with Crippen LogP contribution in [0.4, 0.5) is 0 Å². The van der Waals surface area contributed by atoms with E-state index in [-0.39, 0.29) is 11.8 Å². The first-order valence-electron chi connectivity index (χ1n) is 7.06. The molecule has 4 heteroatoms. The highest BCUT2D eigenvalue weighted by Gasteiger charge is 2.34. The minimum atomic E-state index is 0.0251. The fourth-order valence-electron chi connectivity index (χ4n) is 3.15. The first-order chi connectivity index (χ1) is 10.2. The highest BCUT2D eigenvalue weighted by Crippen LogP contribution is 2.37. The molecule has 1 aromatic carbocycles. The molecule has 0 bridgehead atoms. The third kappa shape index (κ3) is 1.83. The number of hydrogen-bond acceptors (Lipinski definition) is 2. The topological polar surface area (TPSA) is 57.8 Å². The predicted molar refractivity (Wildman–Crippen MR) is 82.2 cm³/mol. The summed E-state index contributed by atoms with van der Waals surface area (Å²) < 4.78 is 0. The van der Waals surface area contributed by atoms with Gasteiger partial charge in [0.15, 0.2) is 0 Å². The van der Waals surface area contributed by atoms with Gasteiger partial charge in [0.25, 0.3) is 5.91 Å². The summed E-state index contributed by atoms with van der Waals surface area (Å²) in [5.41, 5.74) is 4.98. The number of benzene rings is 1. The summed E-state index contributed by atoms with van der Waals surface area (Å²) in [5.74, 6) is 0.192. The van der Waals surface area contributed by atoms with Crippen LogP contribution in [-0.4, -0.2) is 16.1 Å². The number of amides is 1. The molecule has 2 aromatic rings. The van der Waals surface area contributed by atoms with Gasteiger partial charge in [-0.2, -0.15) is 5.10 Å². The summed E-state index contributed by atoms with van der Waals surface area (Å²) in [7, 11) is 0. The summed E-state index contributed by atoms with van der Waals surface area (Å²) in [6.45, 7) is 2.02. The molecule has 0 saturated carbocycles. The normalized spacial score (nSPS) is 23.0. The van der Waals surface area contributed by atoms with E-state index in [4.69, 9.17) is 0 Å². The van der Waals surface area contributed by atoms with E-state index < -0.39 is 0 Å². The lowest BCUT2D eigenvalue weighted by Crippen LogP contribution is -2.13. The first kappa shape index (κ1) is 12.1. The number of rotatable bonds is 1. The molecule has 1 atom stereocenters. The van der Waals surface area contributed by atoms with Crippen LogP contribution in [-0.2, 0) is 4.79 Å². The van der Waals surface area contributed by atoms with Crippen LogP contribution < -0.4 is 5.32 Å². The molecule has 4 nitrogen and oxygen atoms in total. The van der Waals surface area contributed by atoms with Crippen molar-refractivity contribution in [3.63, 3.8) is 0 Å². The molecule has 1 aliphatic carbocycles. The minimum absolute atomic E-state index is 0.0251. The van der Waals surface area contributed by atoms with E-state index in [0.717, 1.165) is 39.7 Å². The number of carbonyl (C=O) groups excluding carboxylic acids is 1. The molecule has 2 heterocycles. The standard InChI is InChI=1S/C17H15N3O/c1-10(11-6-7-12-9-18-20-15(12)8-11)16-13-4-2-3-5-14(13)19-17(16)21/h2-3,5-9,13H,4H2,1H3,(H,18,20)(H,19,21)/b16-10+. The lowest BCUT2D eigenvalue weighted by molar-refractivity contribution is -0.115. The Balaban J connectivity index is 1.84. The van der Waals surface area contributed by atoms with E-state index in [2.05, 4.69) is 27.7 Å². The summed E-state index contributed by atoms with van der Waals surface area (Å²) in [6, 6.07) is 6.13. The van der Waals surface area contributed by atoms with Crippen LogP contribution in [0.15, 0.2) is 53.9 Å². The van der Waals surface area contributed by atoms with Crippen molar-refractivity contribution in [2.75, 3.05) is 0 Å². The molecular weight excluding hydrogens is 262 g/mol. The van der Waals surface area contributed by atoms with Gasteiger partial charge in [-0.05, 0) is 36.6 Å². The highest BCUT2D eigenvalue weighted by molar-refractivity contribution is 6.06. The number of nitrogens with zero attached hydrogens (tertiary/aromatic N) is 1. The number of H-pyrrole nitrogens is 1. The smallest absolute Gasteiger partial charge is 0.252 e. The van der Waals surface area contributed by atoms with Gasteiger partial charge in [-0.25, -0.2) is 0 Å². The summed E-state index contributed by atoms with van der Waals surface area (Å²) in [6.07, 6.45) is 8.78. The van der Waals surface area contributed by atoms with Crippen molar-refractivity contribution in [3.8, 4) is 0 Å². The molecular formula is C17H15N3O. The lowest BCUT2D eigenvalue weighted by Gasteiger charge is -2.14. The van der Waals surface area contributed by atoms with Gasteiger partial charge < -0.3 is 5.32 Å². The number of hydrogen-bond donors (Lipinski definition) is 2. The van der Waals surface area contributed by atoms with Gasteiger partial charge in [0.1, 0.15) is 0 Å². The van der Waals surface area contributed by atoms with Crippen molar-refractivity contribution >= 4 is 22.4 Å². The van der Waals surface area contributed by atoms with Gasteiger partial charge in [-0.1, -0.05) is 24.3 Å². The zero-order chi connectivity index (χ0) is 14.4. The number of allylic oxidation sites excluding steroid dienone is 5. The number of aromatic amines is 1. The van der Waals surface area contributed by atoms with Crippen LogP contribution in [0.5, 0.6) is 0 Å². The van der Waals surface area contributed by atoms with Gasteiger partial charge in [-0.15, -0.1) is 0 Å². The molecule has 104 valence electrons. The molecule has 1 aliphatic heterocycles. The Labute approximate surface area is 122 Å². The molecule has 21 heavy (non-hydrogen) atoms. The fourth-order valence-corrected chi connectivity index (χ4v) is 3.15. The molecule has 2 aliphatic rings. The Morgan fingerprint density at radius 1 is 1.38 bits per heavy atom. The quantitative estimate of drug-likeness (QED) is 0.787. The third-order valence-corrected chi connectivity index (χ3v) is 4.29. The average Bonchev–Trinajstić information content (AvgIpc) is 3.08. The van der Waals surface area contributed by atoms with Crippen molar-refractivity contribution in [2.45, 2.75) is 13.3 Å². The Kier molecular flexibility index (Phi) is 2.57. The molecule has 0 spiro atoms. The van der Waals surface area contributed by atoms with Crippen molar-refractivity contribution < 1.29 is 4.79 Å². The number of nitrogens with one attached hydrogen (secondary N) is 2. The van der Waals surface area contributed by atoms with Gasteiger partial charge in [0, 0.05) is 22.6 Å². The second kappa shape index (κ2) is 4.45. The SMILES string of the molecule is C/C(=C1\C(=O)NC2=CC=CCC21)c1ccc2cn[nH]c2c1. The van der Waals surface area contributed by atoms with Gasteiger partial charge >= 0.3 is 0 Å². The van der Waals surface area contributed by atoms with Crippen LogP contribution in [0.2, 0.25) is 0 Å². The van der Waals surface area contributed by atoms with E-state index in [9.17, 15) is 4.79 Å². The van der Waals surface area contributed by atoms with E-state index in [1.165, 1.54) is 0 Å². The van der Waals surface area contributed by atoms with Gasteiger partial charge in [-0.3, -0.25) is 9.89 Å². The van der Waals surface area contributed by atoms with Crippen molar-refractivity contribution in [1.29, 1.82) is 0 Å². The van der Waals surface area contributed by atoms with Crippen LogP contribution >= 0.6 is 0 Å². The Bertz CT molecular complexity index is 839. The monoisotopic (exact) mass is 277 g/mol. The molecule has 0 radical (unpaired) electrons. The van der Waals surface area contributed by atoms with E-state index >= 15 is 0 Å². The van der Waals surface area contributed by atoms with Crippen LogP contribution in [0.25, 0.3) is 16.5 Å². The summed E-state index contributed by atoms with van der Waals surface area (Å²) >= 11 is 0. The largest absolute Gasteiger partial charge is 0.325 e. The Morgan fingerprint density at radius 3 is 3.19 bits per heavy atom. The molecule has 2 N–H and O–H groups in total. The molecule has 1 amide bonds. The third-order valence-electron chi connectivity index (χ3n) is 4.29. The van der Waals surface area contributed by atoms with Crippen molar-refractivity contribution in [2.24, 2.45) is 5.92 Å². The van der Waals surface area contributed by atoms with Crippen LogP contribution in [0.3, 0.4) is 0 Å². The molecule has 4 rings (SSSR count). The van der Waals surface area contributed by atoms with E-state index in [0.29, 0.717) is 0 Å². The number of aromatic nitrogens is 2. The maximum absolute atomic E-state index is 12.3. The van der Waals surface area contributed by atoms with E-state index in [1.54, 1.807) is 6.20 Å². The summed E-state index contributed by atoms with van der Waals surface area (Å²) in [4.78, 5) is 12.3. The van der Waals surface area contributed by atoms with Crippen LogP contribution in [0.1, 0.15) is 18.9 Å². The second-order valence-electron chi connectivity index (χ2n) is 5.50. The minimum Gasteiger partial charge on any atom is -0.325 e. The zero-order valence-corrected chi connectivity index (χ0v) is 11.7. The van der Waals surface area contributed by atoms with Gasteiger partial charge in [0.2, 0.25) is 0 Å². The maximum Gasteiger partial charge on any atom is 0.252 e. The average molecular weight is 277 g/mol. The van der Waals surface area contributed by atoms with Crippen molar-refractivity contribution in [1.82, 2.24) is 15.5 Å². The first-order valence-corrected chi connectivity index (χ1v) is 7.06. The van der Waals surface area contributed by atoms with Crippen molar-refractivity contribution in [3.05, 3.63) is 59.5 Å². The Morgan fingerprint density at radius 2 is 2.29 bits per heavy atom. The number of fused-ring (bicyclic) bond motifs is 2. The highest BCUT2D eigenvalue weighted by atomic mass is 16.2. The second-order valence-corrected chi connectivity index (χ2v) is 5.50. The van der Waals surface area contributed by atoms with Gasteiger partial charge in [0.05, 0.1) is 11.7 Å². The predicted octanol–water partition coefficient (Wildman–Crippen LogP) is 2.93. The van der Waals surface area contributed by atoms with E-state index in [1.807, 2.05) is 31.2 Å². The maximum atomic E-state index is 12.3. The molecule has 1 unspecified atom stereocenters. The molecule has 1 saturated heterocycles. The number of carbonyl (C=O) groups is 1. The van der Waals surface area contributed by atoms with Crippen LogP contribution in [0, 0.1) is 5.92 Å².